The molecule has 1 atom stereocenters. The summed E-state index contributed by atoms with van der Waals surface area (Å²) in [6.07, 6.45) is 8.17. The molecule has 17 heavy (non-hydrogen) atoms. The summed E-state index contributed by atoms with van der Waals surface area (Å²) < 4.78 is 2.12. The summed E-state index contributed by atoms with van der Waals surface area (Å²) in [4.78, 5) is 7.30. The molecule has 1 aliphatic rings. The molecule has 0 amide bonds. The van der Waals surface area contributed by atoms with E-state index < -0.39 is 0 Å². The van der Waals surface area contributed by atoms with Gasteiger partial charge in [0.15, 0.2) is 0 Å². The first-order chi connectivity index (χ1) is 8.38. The molecule has 0 aliphatic carbocycles. The minimum atomic E-state index is 0.522. The number of aromatic nitrogens is 2. The van der Waals surface area contributed by atoms with E-state index in [0.717, 1.165) is 12.2 Å². The quantitative estimate of drug-likeness (QED) is 0.789. The molecule has 90 valence electrons. The molecule has 0 N–H and O–H groups in total. The Bertz CT molecular complexity index is 470. The van der Waals surface area contributed by atoms with Crippen molar-refractivity contribution in [2.45, 2.75) is 32.2 Å². The smallest absolute Gasteiger partial charge is 0.137 e. The van der Waals surface area contributed by atoms with Gasteiger partial charge in [-0.15, -0.1) is 0 Å². The van der Waals surface area contributed by atoms with Gasteiger partial charge in [-0.25, -0.2) is 4.98 Å². The van der Waals surface area contributed by atoms with Crippen molar-refractivity contribution in [2.75, 3.05) is 13.1 Å². The van der Waals surface area contributed by atoms with Crippen LogP contribution in [0, 0.1) is 0 Å². The summed E-state index contributed by atoms with van der Waals surface area (Å²) in [5.74, 6) is 0. The van der Waals surface area contributed by atoms with Crippen LogP contribution < -0.4 is 0 Å². The van der Waals surface area contributed by atoms with Crippen molar-refractivity contribution in [1.82, 2.24) is 14.3 Å². The predicted molar refractivity (Wildman–Crippen MR) is 69.0 cm³/mol. The van der Waals surface area contributed by atoms with E-state index in [9.17, 15) is 0 Å². The Morgan fingerprint density at radius 3 is 3.12 bits per heavy atom. The van der Waals surface area contributed by atoms with E-state index in [1.54, 1.807) is 0 Å². The second kappa shape index (κ2) is 4.49. The third kappa shape index (κ3) is 1.95. The van der Waals surface area contributed by atoms with E-state index in [1.807, 2.05) is 6.07 Å². The molecular weight excluding hydrogens is 210 g/mol. The van der Waals surface area contributed by atoms with Crippen LogP contribution in [0.15, 0.2) is 30.6 Å². The number of fused-ring (bicyclic) bond motifs is 1. The lowest BCUT2D eigenvalue weighted by Crippen LogP contribution is -2.33. The van der Waals surface area contributed by atoms with Crippen LogP contribution in [0.2, 0.25) is 0 Å². The van der Waals surface area contributed by atoms with Crippen LogP contribution in [0.3, 0.4) is 0 Å². The van der Waals surface area contributed by atoms with Crippen LogP contribution in [-0.2, 0) is 0 Å². The van der Waals surface area contributed by atoms with Gasteiger partial charge in [-0.05, 0) is 38.1 Å². The predicted octanol–water partition coefficient (Wildman–Crippen LogP) is 2.88. The molecule has 3 nitrogen and oxygen atoms in total. The maximum atomic E-state index is 4.76. The van der Waals surface area contributed by atoms with E-state index in [-0.39, 0.29) is 0 Å². The third-order valence-corrected chi connectivity index (χ3v) is 3.74. The zero-order valence-corrected chi connectivity index (χ0v) is 10.3. The van der Waals surface area contributed by atoms with Crippen molar-refractivity contribution in [3.8, 4) is 0 Å². The Morgan fingerprint density at radius 2 is 2.29 bits per heavy atom. The topological polar surface area (TPSA) is 20.5 Å². The number of pyridine rings is 1. The zero-order chi connectivity index (χ0) is 11.7. The highest BCUT2D eigenvalue weighted by Crippen LogP contribution is 2.29. The first-order valence-electron chi connectivity index (χ1n) is 6.56. The molecule has 0 radical (unpaired) electrons. The van der Waals surface area contributed by atoms with E-state index in [4.69, 9.17) is 4.98 Å². The fraction of sp³-hybridized carbons (Fsp3) is 0.500. The highest BCUT2D eigenvalue weighted by molar-refractivity contribution is 5.40. The van der Waals surface area contributed by atoms with Gasteiger partial charge in [0, 0.05) is 12.4 Å². The SMILES string of the molecule is CCN1CCCCC1c1cn2ccccc2n1. The van der Waals surface area contributed by atoms with Crippen LogP contribution in [0.1, 0.15) is 37.9 Å². The summed E-state index contributed by atoms with van der Waals surface area (Å²) in [6, 6.07) is 6.69. The van der Waals surface area contributed by atoms with Gasteiger partial charge < -0.3 is 4.40 Å². The van der Waals surface area contributed by atoms with Gasteiger partial charge in [-0.2, -0.15) is 0 Å². The van der Waals surface area contributed by atoms with Crippen LogP contribution >= 0.6 is 0 Å². The molecule has 1 saturated heterocycles. The summed E-state index contributed by atoms with van der Waals surface area (Å²) >= 11 is 0. The third-order valence-electron chi connectivity index (χ3n) is 3.74. The maximum Gasteiger partial charge on any atom is 0.137 e. The standard InChI is InChI=1S/C14H19N3/c1-2-16-9-5-3-7-13(16)12-11-17-10-6-4-8-14(17)15-12/h4,6,8,10-11,13H,2-3,5,7,9H2,1H3. The average molecular weight is 229 g/mol. The number of likely N-dealkylation sites (tertiary alicyclic amines) is 1. The molecule has 3 heteroatoms. The van der Waals surface area contributed by atoms with Crippen molar-refractivity contribution in [1.29, 1.82) is 0 Å². The molecule has 3 rings (SSSR count). The Kier molecular flexibility index (Phi) is 2.85. The molecule has 1 unspecified atom stereocenters. The number of nitrogens with zero attached hydrogens (tertiary/aromatic N) is 3. The Morgan fingerprint density at radius 1 is 1.35 bits per heavy atom. The van der Waals surface area contributed by atoms with Crippen LogP contribution in [0.4, 0.5) is 0 Å². The molecular formula is C14H19N3. The van der Waals surface area contributed by atoms with Crippen molar-refractivity contribution in [2.24, 2.45) is 0 Å². The minimum Gasteiger partial charge on any atom is -0.307 e. The van der Waals surface area contributed by atoms with Gasteiger partial charge >= 0.3 is 0 Å². The lowest BCUT2D eigenvalue weighted by molar-refractivity contribution is 0.154. The first kappa shape index (κ1) is 10.8. The molecule has 0 saturated carbocycles. The Balaban J connectivity index is 1.96. The van der Waals surface area contributed by atoms with Crippen LogP contribution in [-0.4, -0.2) is 27.4 Å². The molecule has 0 bridgehead atoms. The van der Waals surface area contributed by atoms with Gasteiger partial charge in [0.2, 0.25) is 0 Å². The number of imidazole rings is 1. The van der Waals surface area contributed by atoms with E-state index >= 15 is 0 Å². The summed E-state index contributed by atoms with van der Waals surface area (Å²) in [7, 11) is 0. The normalized spacial score (nSPS) is 22.1. The summed E-state index contributed by atoms with van der Waals surface area (Å²) in [5, 5.41) is 0. The van der Waals surface area contributed by atoms with E-state index in [2.05, 4.69) is 40.8 Å². The maximum absolute atomic E-state index is 4.76. The second-order valence-corrected chi connectivity index (χ2v) is 4.77. The second-order valence-electron chi connectivity index (χ2n) is 4.77. The van der Waals surface area contributed by atoms with Gasteiger partial charge in [-0.1, -0.05) is 19.4 Å². The summed E-state index contributed by atoms with van der Waals surface area (Å²) in [6.45, 7) is 4.59. The van der Waals surface area contributed by atoms with Gasteiger partial charge in [0.25, 0.3) is 0 Å². The molecule has 0 spiro atoms. The fourth-order valence-electron chi connectivity index (χ4n) is 2.82. The van der Waals surface area contributed by atoms with Gasteiger partial charge in [0.1, 0.15) is 5.65 Å². The highest BCUT2D eigenvalue weighted by Gasteiger charge is 2.24. The Labute approximate surface area is 102 Å². The van der Waals surface area contributed by atoms with Crippen LogP contribution in [0.25, 0.3) is 5.65 Å². The van der Waals surface area contributed by atoms with E-state index in [0.29, 0.717) is 6.04 Å². The number of rotatable bonds is 2. The number of hydrogen-bond donors (Lipinski definition) is 0. The highest BCUT2D eigenvalue weighted by atomic mass is 15.2. The largest absolute Gasteiger partial charge is 0.307 e. The molecule has 1 aliphatic heterocycles. The van der Waals surface area contributed by atoms with Crippen LogP contribution in [0.5, 0.6) is 0 Å². The number of hydrogen-bond acceptors (Lipinski definition) is 2. The first-order valence-corrected chi connectivity index (χ1v) is 6.56. The van der Waals surface area contributed by atoms with Crippen molar-refractivity contribution >= 4 is 5.65 Å². The van der Waals surface area contributed by atoms with Gasteiger partial charge in [0.05, 0.1) is 11.7 Å². The monoisotopic (exact) mass is 229 g/mol. The van der Waals surface area contributed by atoms with E-state index in [1.165, 1.54) is 31.5 Å². The molecule has 1 fully saturated rings. The minimum absolute atomic E-state index is 0.522. The Hall–Kier alpha value is -1.35. The lowest BCUT2D eigenvalue weighted by Gasteiger charge is -2.33. The fourth-order valence-corrected chi connectivity index (χ4v) is 2.82. The van der Waals surface area contributed by atoms with Crippen molar-refractivity contribution in [3.63, 3.8) is 0 Å². The van der Waals surface area contributed by atoms with Crippen molar-refractivity contribution in [3.05, 3.63) is 36.3 Å². The average Bonchev–Trinajstić information content (AvgIpc) is 2.82. The van der Waals surface area contributed by atoms with Crippen molar-refractivity contribution < 1.29 is 0 Å². The van der Waals surface area contributed by atoms with Gasteiger partial charge in [-0.3, -0.25) is 4.90 Å². The number of piperidine rings is 1. The zero-order valence-electron chi connectivity index (χ0n) is 10.3. The molecule has 3 heterocycles. The molecule has 0 aromatic carbocycles. The summed E-state index contributed by atoms with van der Waals surface area (Å²) in [5.41, 5.74) is 2.29. The molecule has 2 aromatic rings. The lowest BCUT2D eigenvalue weighted by atomic mass is 10.00. The molecule has 2 aromatic heterocycles.